The van der Waals surface area contributed by atoms with Gasteiger partial charge in [-0.15, -0.1) is 0 Å². The van der Waals surface area contributed by atoms with Gasteiger partial charge in [0.1, 0.15) is 5.75 Å². The highest BCUT2D eigenvalue weighted by Crippen LogP contribution is 2.16. The third kappa shape index (κ3) is 5.87. The molecule has 0 spiro atoms. The van der Waals surface area contributed by atoms with Crippen molar-refractivity contribution in [3.8, 4) is 11.8 Å². The molecule has 0 aliphatic carbocycles. The van der Waals surface area contributed by atoms with Crippen LogP contribution in [0.2, 0.25) is 0 Å². The first-order valence-corrected chi connectivity index (χ1v) is 8.06. The largest absolute Gasteiger partial charge is 0.395 e. The van der Waals surface area contributed by atoms with Crippen molar-refractivity contribution in [1.29, 1.82) is 0 Å². The molecule has 1 aromatic rings. The maximum atomic E-state index is 11.6. The summed E-state index contributed by atoms with van der Waals surface area (Å²) in [6.45, 7) is 1.83. The number of amides is 1. The average molecular weight is 295 g/mol. The number of aliphatic hydroxyl groups is 1. The van der Waals surface area contributed by atoms with Crippen LogP contribution in [0, 0.1) is 18.8 Å². The van der Waals surface area contributed by atoms with Gasteiger partial charge in [-0.3, -0.25) is 4.79 Å². The molecule has 20 heavy (non-hydrogen) atoms. The molecule has 0 bridgehead atoms. The Kier molecular flexibility index (Phi) is 5.74. The van der Waals surface area contributed by atoms with Crippen molar-refractivity contribution in [2.75, 3.05) is 23.9 Å². The summed E-state index contributed by atoms with van der Waals surface area (Å²) in [7, 11) is -3.37. The predicted octanol–water partition coefficient (Wildman–Crippen LogP) is 0.712. The summed E-state index contributed by atoms with van der Waals surface area (Å²) >= 11 is 0. The Morgan fingerprint density at radius 3 is 2.70 bits per heavy atom. The van der Waals surface area contributed by atoms with Gasteiger partial charge in [0.05, 0.1) is 12.3 Å². The van der Waals surface area contributed by atoms with E-state index in [1.807, 2.05) is 13.0 Å². The van der Waals surface area contributed by atoms with E-state index in [1.54, 1.807) is 12.1 Å². The number of aliphatic hydroxyl groups excluding tert-OH is 1. The molecule has 0 aromatic heterocycles. The van der Waals surface area contributed by atoms with Crippen LogP contribution in [-0.4, -0.2) is 38.0 Å². The number of hydrogen-bond donors (Lipinski definition) is 2. The molecule has 108 valence electrons. The van der Waals surface area contributed by atoms with Gasteiger partial charge in [0, 0.05) is 18.2 Å². The number of nitrogens with one attached hydrogen (secondary N) is 1. The third-order valence-electron chi connectivity index (χ3n) is 2.30. The zero-order valence-corrected chi connectivity index (χ0v) is 12.3. The van der Waals surface area contributed by atoms with Crippen LogP contribution in [0.1, 0.15) is 17.5 Å². The minimum Gasteiger partial charge on any atom is -0.395 e. The van der Waals surface area contributed by atoms with E-state index >= 15 is 0 Å². The van der Waals surface area contributed by atoms with Crippen molar-refractivity contribution in [2.24, 2.45) is 0 Å². The first-order valence-electron chi connectivity index (χ1n) is 6.00. The molecule has 6 heteroatoms. The Labute approximate surface area is 118 Å². The minimum absolute atomic E-state index is 0.0331. The highest BCUT2D eigenvalue weighted by Gasteiger charge is 2.12. The molecule has 5 nitrogen and oxygen atoms in total. The van der Waals surface area contributed by atoms with Gasteiger partial charge in [-0.25, -0.2) is 8.42 Å². The Morgan fingerprint density at radius 2 is 2.10 bits per heavy atom. The van der Waals surface area contributed by atoms with Crippen LogP contribution in [0.4, 0.5) is 5.69 Å². The zero-order chi connectivity index (χ0) is 15.2. The van der Waals surface area contributed by atoms with Crippen LogP contribution in [0.5, 0.6) is 0 Å². The molecule has 0 aliphatic rings. The molecule has 0 atom stereocenters. The van der Waals surface area contributed by atoms with E-state index < -0.39 is 21.5 Å². The number of hydrogen-bond acceptors (Lipinski definition) is 4. The van der Waals surface area contributed by atoms with Gasteiger partial charge < -0.3 is 10.4 Å². The molecule has 1 aromatic carbocycles. The smallest absolute Gasteiger partial charge is 0.239 e. The number of aryl methyl sites for hydroxylation is 1. The fourth-order valence-electron chi connectivity index (χ4n) is 1.51. The van der Waals surface area contributed by atoms with E-state index in [-0.39, 0.29) is 6.61 Å². The number of anilines is 1. The van der Waals surface area contributed by atoms with Gasteiger partial charge in [0.25, 0.3) is 0 Å². The van der Waals surface area contributed by atoms with Gasteiger partial charge in [-0.1, -0.05) is 17.9 Å². The molecule has 0 unspecified atom stereocenters. The van der Waals surface area contributed by atoms with Crippen molar-refractivity contribution in [3.05, 3.63) is 29.3 Å². The van der Waals surface area contributed by atoms with E-state index in [1.165, 1.54) is 0 Å². The maximum absolute atomic E-state index is 11.6. The summed E-state index contributed by atoms with van der Waals surface area (Å²) < 4.78 is 22.2. The second kappa shape index (κ2) is 7.08. The van der Waals surface area contributed by atoms with Crippen LogP contribution < -0.4 is 5.32 Å². The SMILES string of the molecule is Cc1ccc(C#CCCO)c(NC(=O)CS(C)(=O)=O)c1. The number of rotatable bonds is 4. The van der Waals surface area contributed by atoms with Crippen molar-refractivity contribution < 1.29 is 18.3 Å². The van der Waals surface area contributed by atoms with Gasteiger partial charge >= 0.3 is 0 Å². The monoisotopic (exact) mass is 295 g/mol. The lowest BCUT2D eigenvalue weighted by Gasteiger charge is -2.08. The van der Waals surface area contributed by atoms with Crippen molar-refractivity contribution in [3.63, 3.8) is 0 Å². The van der Waals surface area contributed by atoms with Crippen LogP contribution in [0.25, 0.3) is 0 Å². The van der Waals surface area contributed by atoms with Crippen molar-refractivity contribution in [2.45, 2.75) is 13.3 Å². The lowest BCUT2D eigenvalue weighted by molar-refractivity contribution is -0.113. The Morgan fingerprint density at radius 1 is 1.40 bits per heavy atom. The molecule has 0 fully saturated rings. The number of carbonyl (C=O) groups excluding carboxylic acids is 1. The molecule has 1 rings (SSSR count). The van der Waals surface area contributed by atoms with Crippen LogP contribution in [-0.2, 0) is 14.6 Å². The van der Waals surface area contributed by atoms with Gasteiger partial charge in [-0.2, -0.15) is 0 Å². The highest BCUT2D eigenvalue weighted by atomic mass is 32.2. The quantitative estimate of drug-likeness (QED) is 0.801. The van der Waals surface area contributed by atoms with Crippen LogP contribution in [0.15, 0.2) is 18.2 Å². The van der Waals surface area contributed by atoms with E-state index in [9.17, 15) is 13.2 Å². The first kappa shape index (κ1) is 16.2. The van der Waals surface area contributed by atoms with Gasteiger partial charge in [0.2, 0.25) is 5.91 Å². The molecule has 0 saturated heterocycles. The predicted molar refractivity (Wildman–Crippen MR) is 78.1 cm³/mol. The summed E-state index contributed by atoms with van der Waals surface area (Å²) in [5.74, 6) is 4.44. The summed E-state index contributed by atoms with van der Waals surface area (Å²) in [5, 5.41) is 11.2. The number of sulfone groups is 1. The molecule has 1 amide bonds. The van der Waals surface area contributed by atoms with Crippen molar-refractivity contribution >= 4 is 21.4 Å². The molecule has 0 heterocycles. The second-order valence-electron chi connectivity index (χ2n) is 4.44. The summed E-state index contributed by atoms with van der Waals surface area (Å²) in [6, 6.07) is 5.31. The maximum Gasteiger partial charge on any atom is 0.239 e. The highest BCUT2D eigenvalue weighted by molar-refractivity contribution is 7.91. The fourth-order valence-corrected chi connectivity index (χ4v) is 2.06. The fraction of sp³-hybridized carbons (Fsp3) is 0.357. The van der Waals surface area contributed by atoms with Gasteiger partial charge in [0.15, 0.2) is 9.84 Å². The molecule has 0 saturated carbocycles. The third-order valence-corrected chi connectivity index (χ3v) is 3.09. The molecule has 0 aliphatic heterocycles. The zero-order valence-electron chi connectivity index (χ0n) is 11.4. The van der Waals surface area contributed by atoms with Crippen LogP contribution >= 0.6 is 0 Å². The lowest BCUT2D eigenvalue weighted by Crippen LogP contribution is -2.22. The topological polar surface area (TPSA) is 83.5 Å². The summed E-state index contributed by atoms with van der Waals surface area (Å²) in [5.41, 5.74) is 1.99. The van der Waals surface area contributed by atoms with E-state index in [0.29, 0.717) is 17.7 Å². The standard InChI is InChI=1S/C14H17NO4S/c1-11-6-7-12(5-3-4-8-16)13(9-11)15-14(17)10-20(2,18)19/h6-7,9,16H,4,8,10H2,1-2H3,(H,15,17). The molecule has 2 N–H and O–H groups in total. The van der Waals surface area contributed by atoms with Crippen LogP contribution in [0.3, 0.4) is 0 Å². The normalized spacial score (nSPS) is 10.6. The van der Waals surface area contributed by atoms with Crippen molar-refractivity contribution in [1.82, 2.24) is 0 Å². The van der Waals surface area contributed by atoms with E-state index in [4.69, 9.17) is 5.11 Å². The Bertz CT molecular complexity index is 653. The molecular formula is C14H17NO4S. The lowest BCUT2D eigenvalue weighted by atomic mass is 10.1. The first-order chi connectivity index (χ1) is 9.31. The molecular weight excluding hydrogens is 278 g/mol. The molecule has 0 radical (unpaired) electrons. The van der Waals surface area contributed by atoms with Gasteiger partial charge in [-0.05, 0) is 24.6 Å². The summed E-state index contributed by atoms with van der Waals surface area (Å²) in [4.78, 5) is 11.6. The van der Waals surface area contributed by atoms with E-state index in [2.05, 4.69) is 17.2 Å². The second-order valence-corrected chi connectivity index (χ2v) is 6.58. The Hall–Kier alpha value is -1.84. The summed E-state index contributed by atoms with van der Waals surface area (Å²) in [6.07, 6.45) is 1.34. The minimum atomic E-state index is -3.37. The van der Waals surface area contributed by atoms with E-state index in [0.717, 1.165) is 11.8 Å². The average Bonchev–Trinajstić information content (AvgIpc) is 2.29. The number of carbonyl (C=O) groups is 1. The Balaban J connectivity index is 2.96. The number of benzene rings is 1.